The first kappa shape index (κ1) is 75.8. The molecule has 0 bridgehead atoms. The summed E-state index contributed by atoms with van der Waals surface area (Å²) < 4.78 is 16.9. The maximum absolute atomic E-state index is 12.9. The van der Waals surface area contributed by atoms with Crippen molar-refractivity contribution in [3.63, 3.8) is 0 Å². The Labute approximate surface area is 494 Å². The highest BCUT2D eigenvalue weighted by Gasteiger charge is 2.19. The summed E-state index contributed by atoms with van der Waals surface area (Å²) in [4.78, 5) is 38.2. The predicted octanol–water partition coefficient (Wildman–Crippen LogP) is 23.2. The molecule has 0 N–H and O–H groups in total. The Hall–Kier alpha value is -4.19. The zero-order valence-corrected chi connectivity index (χ0v) is 52.3. The van der Waals surface area contributed by atoms with Crippen LogP contribution in [-0.4, -0.2) is 37.2 Å². The van der Waals surface area contributed by atoms with E-state index in [9.17, 15) is 14.4 Å². The minimum absolute atomic E-state index is 0.0896. The van der Waals surface area contributed by atoms with Crippen LogP contribution >= 0.6 is 0 Å². The van der Waals surface area contributed by atoms with Crippen molar-refractivity contribution in [2.75, 3.05) is 13.2 Å². The Balaban J connectivity index is 4.28. The minimum Gasteiger partial charge on any atom is -0.462 e. The van der Waals surface area contributed by atoms with Crippen molar-refractivity contribution in [2.24, 2.45) is 0 Å². The largest absolute Gasteiger partial charge is 0.462 e. The van der Waals surface area contributed by atoms with E-state index in [1.54, 1.807) is 0 Å². The fourth-order valence-electron chi connectivity index (χ4n) is 9.24. The van der Waals surface area contributed by atoms with Gasteiger partial charge in [-0.2, -0.15) is 0 Å². The summed E-state index contributed by atoms with van der Waals surface area (Å²) in [5.74, 6) is -0.929. The monoisotopic (exact) mass is 1110 g/mol. The third kappa shape index (κ3) is 64.6. The maximum Gasteiger partial charge on any atom is 0.306 e. The molecule has 0 aromatic heterocycles. The number of rotatable bonds is 60. The van der Waals surface area contributed by atoms with Crippen LogP contribution in [0.5, 0.6) is 0 Å². The van der Waals surface area contributed by atoms with Gasteiger partial charge in [-0.15, -0.1) is 0 Å². The summed E-state index contributed by atoms with van der Waals surface area (Å²) in [6.07, 6.45) is 93.7. The molecule has 6 nitrogen and oxygen atoms in total. The highest BCUT2D eigenvalue weighted by Crippen LogP contribution is 2.17. The standard InChI is InChI=1S/C74H124O6/c1-4-7-10-13-16-19-21-23-25-27-29-31-32-33-34-35-36-37-38-39-40-41-42-43-45-46-48-50-52-55-58-61-64-67-73(76)79-70-71(69-78-72(75)66-63-60-57-54-18-15-12-9-6-3)80-74(77)68-65-62-59-56-53-51-49-47-44-30-28-26-24-22-20-17-14-11-8-5-2/h7,10,16,19,23,25,29,31,33-34,36-37,39-40,42-43,46,48,52,55,71H,4-6,8-9,11-15,17-18,20-22,24,26-28,30,32,35,38,41,44-45,47,49-51,53-54,56-70H2,1-3H3/b10-7-,19-16-,25-23-,31-29-,34-33-,37-36-,40-39-,43-42-,48-46-,55-52-. The van der Waals surface area contributed by atoms with E-state index < -0.39 is 6.10 Å². The van der Waals surface area contributed by atoms with Gasteiger partial charge in [-0.3, -0.25) is 14.4 Å². The van der Waals surface area contributed by atoms with Crippen molar-refractivity contribution < 1.29 is 28.6 Å². The molecule has 6 heteroatoms. The summed E-state index contributed by atoms with van der Waals surface area (Å²) >= 11 is 0. The quantitative estimate of drug-likeness (QED) is 0.0261. The van der Waals surface area contributed by atoms with Crippen LogP contribution in [0.25, 0.3) is 0 Å². The van der Waals surface area contributed by atoms with E-state index in [4.69, 9.17) is 14.2 Å². The Morgan fingerprint density at radius 3 is 0.762 bits per heavy atom. The Bertz CT molecular complexity index is 1650. The fraction of sp³-hybridized carbons (Fsp3) is 0.689. The lowest BCUT2D eigenvalue weighted by Gasteiger charge is -2.18. The number of ether oxygens (including phenoxy) is 3. The summed E-state index contributed by atoms with van der Waals surface area (Å²) in [6, 6.07) is 0. The van der Waals surface area contributed by atoms with E-state index in [1.807, 2.05) is 0 Å². The molecular formula is C74H124O6. The molecule has 0 amide bonds. The third-order valence-electron chi connectivity index (χ3n) is 14.2. The topological polar surface area (TPSA) is 78.9 Å². The highest BCUT2D eigenvalue weighted by molar-refractivity contribution is 5.71. The zero-order chi connectivity index (χ0) is 57.8. The molecule has 0 saturated heterocycles. The molecule has 0 fully saturated rings. The normalized spacial score (nSPS) is 12.9. The van der Waals surface area contributed by atoms with Crippen LogP contribution in [0.1, 0.15) is 310 Å². The third-order valence-corrected chi connectivity index (χ3v) is 14.2. The Kier molecular flexibility index (Phi) is 63.8. The summed E-state index contributed by atoms with van der Waals surface area (Å²) in [6.45, 7) is 6.50. The number of hydrogen-bond acceptors (Lipinski definition) is 6. The highest BCUT2D eigenvalue weighted by atomic mass is 16.6. The average molecular weight is 1110 g/mol. The van der Waals surface area contributed by atoms with Gasteiger partial charge in [0.25, 0.3) is 0 Å². The number of carbonyl (C=O) groups excluding carboxylic acids is 3. The van der Waals surface area contributed by atoms with Crippen LogP contribution in [0.2, 0.25) is 0 Å². The number of carbonyl (C=O) groups is 3. The Morgan fingerprint density at radius 1 is 0.263 bits per heavy atom. The molecule has 80 heavy (non-hydrogen) atoms. The molecule has 0 spiro atoms. The number of unbranched alkanes of at least 4 members (excludes halogenated alkanes) is 29. The molecule has 0 aromatic rings. The first-order valence-corrected chi connectivity index (χ1v) is 33.5. The second-order valence-electron chi connectivity index (χ2n) is 22.0. The fourth-order valence-corrected chi connectivity index (χ4v) is 9.24. The lowest BCUT2D eigenvalue weighted by Crippen LogP contribution is -2.30. The molecule has 456 valence electrons. The van der Waals surface area contributed by atoms with Crippen LogP contribution in [0, 0.1) is 0 Å². The van der Waals surface area contributed by atoms with Gasteiger partial charge < -0.3 is 14.2 Å². The smallest absolute Gasteiger partial charge is 0.306 e. The van der Waals surface area contributed by atoms with E-state index in [1.165, 1.54) is 148 Å². The molecule has 0 heterocycles. The van der Waals surface area contributed by atoms with E-state index in [2.05, 4.69) is 142 Å². The van der Waals surface area contributed by atoms with Crippen LogP contribution in [-0.2, 0) is 28.6 Å². The van der Waals surface area contributed by atoms with Crippen LogP contribution in [0.15, 0.2) is 122 Å². The summed E-state index contributed by atoms with van der Waals surface area (Å²) in [5.41, 5.74) is 0. The van der Waals surface area contributed by atoms with Crippen LogP contribution in [0.4, 0.5) is 0 Å². The van der Waals surface area contributed by atoms with Crippen molar-refractivity contribution in [1.82, 2.24) is 0 Å². The maximum atomic E-state index is 12.9. The zero-order valence-electron chi connectivity index (χ0n) is 52.3. The number of hydrogen-bond donors (Lipinski definition) is 0. The van der Waals surface area contributed by atoms with Gasteiger partial charge in [-0.05, 0) is 96.3 Å². The molecule has 0 saturated carbocycles. The number of allylic oxidation sites excluding steroid dienone is 20. The first-order chi connectivity index (χ1) is 39.5. The van der Waals surface area contributed by atoms with E-state index >= 15 is 0 Å². The molecule has 0 aromatic carbocycles. The van der Waals surface area contributed by atoms with Crippen molar-refractivity contribution in [3.05, 3.63) is 122 Å². The lowest BCUT2D eigenvalue weighted by atomic mass is 10.0. The van der Waals surface area contributed by atoms with Gasteiger partial charge in [0, 0.05) is 19.3 Å². The second-order valence-corrected chi connectivity index (χ2v) is 22.0. The first-order valence-electron chi connectivity index (χ1n) is 33.5. The SMILES string of the molecule is CC/C=C\C/C=C\C/C=C\C/C=C\C/C=C\C/C=C\C/C=C\C/C=C\C/C=C\C/C=C\CCCCC(=O)OCC(COC(=O)CCCCCCCCCCC)OC(=O)CCCCCCCCCCCCCCCCCCCCCC. The van der Waals surface area contributed by atoms with Crippen molar-refractivity contribution in [2.45, 2.75) is 316 Å². The van der Waals surface area contributed by atoms with Crippen molar-refractivity contribution in [3.8, 4) is 0 Å². The molecule has 0 aliphatic heterocycles. The number of esters is 3. The van der Waals surface area contributed by atoms with Crippen LogP contribution < -0.4 is 0 Å². The molecule has 1 unspecified atom stereocenters. The molecule has 1 atom stereocenters. The van der Waals surface area contributed by atoms with Crippen LogP contribution in [0.3, 0.4) is 0 Å². The van der Waals surface area contributed by atoms with Gasteiger partial charge >= 0.3 is 17.9 Å². The molecule has 0 radical (unpaired) electrons. The minimum atomic E-state index is -0.795. The van der Waals surface area contributed by atoms with Crippen molar-refractivity contribution >= 4 is 17.9 Å². The average Bonchev–Trinajstić information content (AvgIpc) is 3.46. The molecule has 0 aliphatic rings. The van der Waals surface area contributed by atoms with Gasteiger partial charge in [0.15, 0.2) is 6.10 Å². The van der Waals surface area contributed by atoms with E-state index in [0.717, 1.165) is 122 Å². The van der Waals surface area contributed by atoms with Gasteiger partial charge in [0.1, 0.15) is 13.2 Å². The van der Waals surface area contributed by atoms with Gasteiger partial charge in [-0.1, -0.05) is 316 Å². The van der Waals surface area contributed by atoms with E-state index in [-0.39, 0.29) is 31.1 Å². The van der Waals surface area contributed by atoms with E-state index in [0.29, 0.717) is 19.3 Å². The summed E-state index contributed by atoms with van der Waals surface area (Å²) in [7, 11) is 0. The molecule has 0 aliphatic carbocycles. The Morgan fingerprint density at radius 2 is 0.487 bits per heavy atom. The lowest BCUT2D eigenvalue weighted by molar-refractivity contribution is -0.167. The van der Waals surface area contributed by atoms with Gasteiger partial charge in [-0.25, -0.2) is 0 Å². The molecule has 0 rings (SSSR count). The van der Waals surface area contributed by atoms with Gasteiger partial charge in [0.05, 0.1) is 0 Å². The van der Waals surface area contributed by atoms with Crippen molar-refractivity contribution in [1.29, 1.82) is 0 Å². The summed E-state index contributed by atoms with van der Waals surface area (Å²) in [5, 5.41) is 0. The second kappa shape index (κ2) is 67.3. The van der Waals surface area contributed by atoms with Gasteiger partial charge in [0.2, 0.25) is 0 Å². The predicted molar refractivity (Wildman–Crippen MR) is 348 cm³/mol. The molecular weight excluding hydrogens is 985 g/mol.